The Hall–Kier alpha value is -0.565. The number of rotatable bonds is 4. The quantitative estimate of drug-likeness (QED) is 0.732. The first kappa shape index (κ1) is 14.5. The minimum Gasteiger partial charge on any atom is -0.305 e. The van der Waals surface area contributed by atoms with Crippen molar-refractivity contribution in [3.8, 4) is 0 Å². The first-order valence-electron chi connectivity index (χ1n) is 6.44. The van der Waals surface area contributed by atoms with Crippen LogP contribution in [0.3, 0.4) is 0 Å². The minimum absolute atomic E-state index is 0.126. The van der Waals surface area contributed by atoms with Crippen LogP contribution >= 0.6 is 11.3 Å². The highest BCUT2D eigenvalue weighted by Gasteiger charge is 2.24. The molecular formula is C14H23BOS. The Morgan fingerprint density at radius 3 is 2.35 bits per heavy atom. The Bertz CT molecular complexity index is 399. The van der Waals surface area contributed by atoms with E-state index in [0.29, 0.717) is 18.9 Å². The summed E-state index contributed by atoms with van der Waals surface area (Å²) >= 11 is 1.69. The van der Waals surface area contributed by atoms with Gasteiger partial charge < -0.3 is 4.79 Å². The fourth-order valence-corrected chi connectivity index (χ4v) is 3.25. The van der Waals surface area contributed by atoms with Gasteiger partial charge in [0.2, 0.25) is 7.28 Å². The van der Waals surface area contributed by atoms with Crippen molar-refractivity contribution >= 4 is 24.3 Å². The molecule has 0 fully saturated rings. The van der Waals surface area contributed by atoms with E-state index in [0.717, 1.165) is 11.2 Å². The number of hydrogen-bond acceptors (Lipinski definition) is 2. The van der Waals surface area contributed by atoms with Gasteiger partial charge >= 0.3 is 0 Å². The molecule has 0 unspecified atom stereocenters. The predicted molar refractivity (Wildman–Crippen MR) is 79.1 cm³/mol. The zero-order valence-corrected chi connectivity index (χ0v) is 12.7. The summed E-state index contributed by atoms with van der Waals surface area (Å²) in [5.74, 6) is 0.498. The largest absolute Gasteiger partial charge is 0.305 e. The Morgan fingerprint density at radius 1 is 1.41 bits per heavy atom. The molecule has 1 nitrogen and oxygen atoms in total. The van der Waals surface area contributed by atoms with E-state index in [1.807, 2.05) is 0 Å². The van der Waals surface area contributed by atoms with E-state index in [9.17, 15) is 4.79 Å². The molecule has 0 aliphatic carbocycles. The van der Waals surface area contributed by atoms with E-state index in [4.69, 9.17) is 0 Å². The third-order valence-electron chi connectivity index (χ3n) is 2.85. The molecule has 3 heteroatoms. The van der Waals surface area contributed by atoms with Crippen molar-refractivity contribution in [3.63, 3.8) is 0 Å². The molecule has 0 N–H and O–H groups in total. The summed E-state index contributed by atoms with van der Waals surface area (Å²) in [5.41, 5.74) is 1.77. The van der Waals surface area contributed by atoms with Crippen molar-refractivity contribution in [2.75, 3.05) is 0 Å². The number of hydrogen-bond donors (Lipinski definition) is 0. The van der Waals surface area contributed by atoms with E-state index < -0.39 is 0 Å². The minimum atomic E-state index is 0.126. The highest BCUT2D eigenvalue weighted by Crippen LogP contribution is 2.37. The highest BCUT2D eigenvalue weighted by molar-refractivity contribution is 7.16. The maximum atomic E-state index is 12.0. The van der Waals surface area contributed by atoms with E-state index in [-0.39, 0.29) is 5.41 Å². The molecule has 17 heavy (non-hydrogen) atoms. The lowest BCUT2D eigenvalue weighted by Gasteiger charge is -2.20. The van der Waals surface area contributed by atoms with Crippen molar-refractivity contribution in [1.29, 1.82) is 0 Å². The second-order valence-corrected chi connectivity index (χ2v) is 7.05. The molecule has 0 atom stereocenters. The van der Waals surface area contributed by atoms with E-state index in [1.165, 1.54) is 10.4 Å². The lowest BCUT2D eigenvalue weighted by atomic mass is 9.70. The van der Waals surface area contributed by atoms with Crippen LogP contribution in [0.5, 0.6) is 0 Å². The van der Waals surface area contributed by atoms with E-state index in [2.05, 4.69) is 47.6 Å². The van der Waals surface area contributed by atoms with Gasteiger partial charge in [0.1, 0.15) is 5.68 Å². The van der Waals surface area contributed by atoms with Crippen LogP contribution in [0, 0.1) is 0 Å². The number of thiophene rings is 1. The van der Waals surface area contributed by atoms with Crippen LogP contribution < -0.4 is 0 Å². The van der Waals surface area contributed by atoms with Crippen molar-refractivity contribution < 1.29 is 4.79 Å². The molecule has 0 saturated carbocycles. The van der Waals surface area contributed by atoms with Crippen molar-refractivity contribution in [1.82, 2.24) is 0 Å². The molecule has 1 aromatic rings. The van der Waals surface area contributed by atoms with Crippen LogP contribution in [0.15, 0.2) is 6.07 Å². The average molecular weight is 250 g/mol. The SMILES string of the molecule is CCBC(=O)c1cc(C(C)(C)C)c(C(C)C)s1. The summed E-state index contributed by atoms with van der Waals surface area (Å²) in [6.07, 6.45) is 0.929. The van der Waals surface area contributed by atoms with Crippen LogP contribution in [0.25, 0.3) is 0 Å². The van der Waals surface area contributed by atoms with Crippen LogP contribution in [-0.4, -0.2) is 13.0 Å². The molecular weight excluding hydrogens is 227 g/mol. The molecule has 0 spiro atoms. The molecule has 0 saturated heterocycles. The summed E-state index contributed by atoms with van der Waals surface area (Å²) in [6.45, 7) is 13.1. The second kappa shape index (κ2) is 5.39. The highest BCUT2D eigenvalue weighted by atomic mass is 32.1. The molecule has 0 amide bonds. The lowest BCUT2D eigenvalue weighted by Crippen LogP contribution is -2.13. The Balaban J connectivity index is 3.17. The molecule has 0 aromatic carbocycles. The summed E-state index contributed by atoms with van der Waals surface area (Å²) in [7, 11) is 0.668. The lowest BCUT2D eigenvalue weighted by molar-refractivity contribution is 0.108. The molecule has 1 rings (SSSR count). The third-order valence-corrected chi connectivity index (χ3v) is 4.32. The Labute approximate surface area is 110 Å². The summed E-state index contributed by atoms with van der Waals surface area (Å²) in [6, 6.07) is 2.12. The first-order valence-corrected chi connectivity index (χ1v) is 7.26. The van der Waals surface area contributed by atoms with Crippen LogP contribution in [-0.2, 0) is 5.41 Å². The molecule has 94 valence electrons. The van der Waals surface area contributed by atoms with Gasteiger partial charge in [0.05, 0.1) is 4.88 Å². The van der Waals surface area contributed by atoms with Gasteiger partial charge in [-0.3, -0.25) is 0 Å². The second-order valence-electron chi connectivity index (χ2n) is 5.97. The standard InChI is InChI=1S/C14H23BOS/c1-7-15-13(16)11-8-10(14(4,5)6)12(17-11)9(2)3/h8-9,15H,7H2,1-6H3. The van der Waals surface area contributed by atoms with Gasteiger partial charge in [0.15, 0.2) is 0 Å². The Morgan fingerprint density at radius 2 is 2.00 bits per heavy atom. The van der Waals surface area contributed by atoms with Gasteiger partial charge in [-0.15, -0.1) is 11.3 Å². The van der Waals surface area contributed by atoms with Gasteiger partial charge in [-0.1, -0.05) is 47.9 Å². The van der Waals surface area contributed by atoms with Crippen LogP contribution in [0.4, 0.5) is 0 Å². The predicted octanol–water partition coefficient (Wildman–Crippen LogP) is 4.18. The fraction of sp³-hybridized carbons (Fsp3) is 0.643. The van der Waals surface area contributed by atoms with Crippen LogP contribution in [0.1, 0.15) is 67.6 Å². The normalized spacial score (nSPS) is 11.9. The summed E-state index contributed by atoms with van der Waals surface area (Å²) in [5, 5.41) is 0. The summed E-state index contributed by atoms with van der Waals surface area (Å²) in [4.78, 5) is 14.3. The monoisotopic (exact) mass is 250 g/mol. The fourth-order valence-electron chi connectivity index (χ4n) is 1.91. The first-order chi connectivity index (χ1) is 7.77. The molecule has 0 radical (unpaired) electrons. The topological polar surface area (TPSA) is 17.1 Å². The van der Waals surface area contributed by atoms with Gasteiger partial charge in [-0.2, -0.15) is 0 Å². The van der Waals surface area contributed by atoms with Gasteiger partial charge in [-0.25, -0.2) is 0 Å². The van der Waals surface area contributed by atoms with Crippen LogP contribution in [0.2, 0.25) is 6.32 Å². The van der Waals surface area contributed by atoms with Crippen molar-refractivity contribution in [2.24, 2.45) is 0 Å². The Kier molecular flexibility index (Phi) is 4.59. The van der Waals surface area contributed by atoms with E-state index in [1.54, 1.807) is 11.3 Å². The maximum Gasteiger partial charge on any atom is 0.212 e. The van der Waals surface area contributed by atoms with Crippen molar-refractivity contribution in [2.45, 2.75) is 59.2 Å². The molecule has 1 aromatic heterocycles. The van der Waals surface area contributed by atoms with Gasteiger partial charge in [-0.05, 0) is 23.0 Å². The zero-order chi connectivity index (χ0) is 13.2. The molecule has 1 heterocycles. The maximum absolute atomic E-state index is 12.0. The zero-order valence-electron chi connectivity index (χ0n) is 11.9. The number of carbonyl (C=O) groups is 1. The smallest absolute Gasteiger partial charge is 0.212 e. The van der Waals surface area contributed by atoms with Crippen molar-refractivity contribution in [3.05, 3.63) is 21.4 Å². The summed E-state index contributed by atoms with van der Waals surface area (Å²) < 4.78 is 0. The van der Waals surface area contributed by atoms with Gasteiger partial charge in [0, 0.05) is 4.88 Å². The third kappa shape index (κ3) is 3.45. The molecule has 0 bridgehead atoms. The average Bonchev–Trinajstić information content (AvgIpc) is 2.61. The molecule has 0 aliphatic heterocycles. The molecule has 0 aliphatic rings. The number of carbonyl (C=O) groups excluding carboxylic acids is 1. The van der Waals surface area contributed by atoms with E-state index >= 15 is 0 Å². The van der Waals surface area contributed by atoms with Gasteiger partial charge in [0.25, 0.3) is 0 Å².